The second-order valence-electron chi connectivity index (χ2n) is 4.66. The zero-order valence-corrected chi connectivity index (χ0v) is 12.8. The van der Waals surface area contributed by atoms with Gasteiger partial charge in [0.05, 0.1) is 7.11 Å². The zero-order valence-electron chi connectivity index (χ0n) is 11.2. The molecule has 2 aromatic rings. The van der Waals surface area contributed by atoms with E-state index in [9.17, 15) is 0 Å². The highest BCUT2D eigenvalue weighted by atomic mass is 79.9. The number of ether oxygens (including phenoxy) is 1. The lowest BCUT2D eigenvalue weighted by Gasteiger charge is -2.15. The summed E-state index contributed by atoms with van der Waals surface area (Å²) in [6, 6.07) is 14.3. The van der Waals surface area contributed by atoms with Crippen molar-refractivity contribution in [2.75, 3.05) is 7.11 Å². The Kier molecular flexibility index (Phi) is 4.61. The third-order valence-electron chi connectivity index (χ3n) is 3.25. The van der Waals surface area contributed by atoms with Crippen molar-refractivity contribution >= 4 is 15.9 Å². The maximum absolute atomic E-state index is 6.30. The average Bonchev–Trinajstić information content (AvgIpc) is 2.39. The van der Waals surface area contributed by atoms with Gasteiger partial charge in [-0.1, -0.05) is 34.1 Å². The van der Waals surface area contributed by atoms with Crippen LogP contribution in [0.25, 0.3) is 0 Å². The van der Waals surface area contributed by atoms with Crippen molar-refractivity contribution < 1.29 is 4.74 Å². The predicted octanol–water partition coefficient (Wildman–Crippen LogP) is 4.01. The molecule has 0 radical (unpaired) electrons. The molecule has 0 spiro atoms. The molecule has 2 N–H and O–H groups in total. The number of nitrogens with two attached hydrogens (primary N) is 1. The minimum Gasteiger partial charge on any atom is -0.497 e. The number of halogens is 1. The molecule has 2 rings (SSSR count). The molecule has 0 heterocycles. The second kappa shape index (κ2) is 6.22. The average molecular weight is 320 g/mol. The molecule has 0 aliphatic heterocycles. The number of methoxy groups -OCH3 is 1. The Balaban J connectivity index is 2.13. The Morgan fingerprint density at radius 2 is 1.84 bits per heavy atom. The highest BCUT2D eigenvalue weighted by Crippen LogP contribution is 2.23. The first-order chi connectivity index (χ1) is 9.10. The third-order valence-corrected chi connectivity index (χ3v) is 3.74. The van der Waals surface area contributed by atoms with E-state index >= 15 is 0 Å². The van der Waals surface area contributed by atoms with Crippen molar-refractivity contribution in [3.63, 3.8) is 0 Å². The van der Waals surface area contributed by atoms with Gasteiger partial charge in [0.2, 0.25) is 0 Å². The molecule has 0 aliphatic carbocycles. The molecule has 0 fully saturated rings. The number of benzene rings is 2. The van der Waals surface area contributed by atoms with Crippen LogP contribution >= 0.6 is 15.9 Å². The monoisotopic (exact) mass is 319 g/mol. The first-order valence-electron chi connectivity index (χ1n) is 6.24. The minimum absolute atomic E-state index is 0.0153. The number of hydrogen-bond acceptors (Lipinski definition) is 2. The van der Waals surface area contributed by atoms with Gasteiger partial charge in [-0.3, -0.25) is 0 Å². The van der Waals surface area contributed by atoms with Crippen molar-refractivity contribution in [3.8, 4) is 5.75 Å². The van der Waals surface area contributed by atoms with Gasteiger partial charge in [-0.15, -0.1) is 0 Å². The van der Waals surface area contributed by atoms with Crippen LogP contribution in [0.15, 0.2) is 46.9 Å². The maximum Gasteiger partial charge on any atom is 0.118 e. The fourth-order valence-electron chi connectivity index (χ4n) is 2.18. The molecule has 0 saturated carbocycles. The fraction of sp³-hybridized carbons (Fsp3) is 0.250. The topological polar surface area (TPSA) is 35.2 Å². The summed E-state index contributed by atoms with van der Waals surface area (Å²) in [6.45, 7) is 2.09. The van der Waals surface area contributed by atoms with E-state index in [4.69, 9.17) is 10.5 Å². The van der Waals surface area contributed by atoms with Crippen LogP contribution in [-0.2, 0) is 6.42 Å². The Morgan fingerprint density at radius 3 is 2.42 bits per heavy atom. The van der Waals surface area contributed by atoms with E-state index < -0.39 is 0 Å². The van der Waals surface area contributed by atoms with Gasteiger partial charge in [0.25, 0.3) is 0 Å². The first kappa shape index (κ1) is 14.1. The zero-order chi connectivity index (χ0) is 13.8. The van der Waals surface area contributed by atoms with Crippen LogP contribution < -0.4 is 10.5 Å². The number of rotatable bonds is 4. The number of aryl methyl sites for hydroxylation is 1. The largest absolute Gasteiger partial charge is 0.497 e. The van der Waals surface area contributed by atoms with E-state index in [1.54, 1.807) is 7.11 Å². The van der Waals surface area contributed by atoms with Gasteiger partial charge in [-0.25, -0.2) is 0 Å². The molecule has 0 saturated heterocycles. The van der Waals surface area contributed by atoms with Gasteiger partial charge in [-0.2, -0.15) is 0 Å². The lowest BCUT2D eigenvalue weighted by atomic mass is 9.96. The van der Waals surface area contributed by atoms with Crippen molar-refractivity contribution in [2.45, 2.75) is 19.4 Å². The normalized spacial score (nSPS) is 12.2. The Morgan fingerprint density at radius 1 is 1.16 bits per heavy atom. The standard InChI is InChI=1S/C16H18BrNO/c1-11-9-13(17)5-8-15(11)16(18)10-12-3-6-14(19-2)7-4-12/h3-9,16H,10,18H2,1-2H3. The van der Waals surface area contributed by atoms with Crippen LogP contribution in [0.2, 0.25) is 0 Å². The van der Waals surface area contributed by atoms with Gasteiger partial charge in [-0.05, 0) is 54.3 Å². The molecule has 0 bridgehead atoms. The van der Waals surface area contributed by atoms with Crippen LogP contribution in [0.5, 0.6) is 5.75 Å². The molecule has 2 nitrogen and oxygen atoms in total. The molecule has 1 unspecified atom stereocenters. The molecule has 1 atom stereocenters. The van der Waals surface area contributed by atoms with Gasteiger partial charge in [0.1, 0.15) is 5.75 Å². The van der Waals surface area contributed by atoms with Gasteiger partial charge >= 0.3 is 0 Å². The van der Waals surface area contributed by atoms with Crippen molar-refractivity contribution in [1.29, 1.82) is 0 Å². The smallest absolute Gasteiger partial charge is 0.118 e. The molecule has 19 heavy (non-hydrogen) atoms. The second-order valence-corrected chi connectivity index (χ2v) is 5.58. The molecule has 0 aromatic heterocycles. The first-order valence-corrected chi connectivity index (χ1v) is 7.04. The summed E-state index contributed by atoms with van der Waals surface area (Å²) in [5, 5.41) is 0. The van der Waals surface area contributed by atoms with Gasteiger partial charge < -0.3 is 10.5 Å². The van der Waals surface area contributed by atoms with E-state index in [1.807, 2.05) is 18.2 Å². The van der Waals surface area contributed by atoms with Crippen LogP contribution in [0.4, 0.5) is 0 Å². The van der Waals surface area contributed by atoms with Gasteiger partial charge in [0.15, 0.2) is 0 Å². The lowest BCUT2D eigenvalue weighted by Crippen LogP contribution is -2.14. The SMILES string of the molecule is COc1ccc(CC(N)c2ccc(Br)cc2C)cc1. The summed E-state index contributed by atoms with van der Waals surface area (Å²) < 4.78 is 6.24. The quantitative estimate of drug-likeness (QED) is 0.924. The molecular formula is C16H18BrNO. The summed E-state index contributed by atoms with van der Waals surface area (Å²) in [4.78, 5) is 0. The van der Waals surface area contributed by atoms with Gasteiger partial charge in [0, 0.05) is 10.5 Å². The summed E-state index contributed by atoms with van der Waals surface area (Å²) in [5.41, 5.74) is 9.93. The summed E-state index contributed by atoms with van der Waals surface area (Å²) in [6.07, 6.45) is 0.826. The predicted molar refractivity (Wildman–Crippen MR) is 82.5 cm³/mol. The Hall–Kier alpha value is -1.32. The van der Waals surface area contributed by atoms with Crippen molar-refractivity contribution in [3.05, 3.63) is 63.6 Å². The lowest BCUT2D eigenvalue weighted by molar-refractivity contribution is 0.414. The highest BCUT2D eigenvalue weighted by molar-refractivity contribution is 9.10. The van der Waals surface area contributed by atoms with E-state index in [0.29, 0.717) is 0 Å². The summed E-state index contributed by atoms with van der Waals surface area (Å²) >= 11 is 3.47. The minimum atomic E-state index is 0.0153. The van der Waals surface area contributed by atoms with E-state index in [0.717, 1.165) is 16.6 Å². The maximum atomic E-state index is 6.30. The number of hydrogen-bond donors (Lipinski definition) is 1. The molecule has 100 valence electrons. The Bertz CT molecular complexity index is 551. The van der Waals surface area contributed by atoms with Crippen LogP contribution in [0.1, 0.15) is 22.7 Å². The molecular weight excluding hydrogens is 302 g/mol. The van der Waals surface area contributed by atoms with Crippen LogP contribution in [0.3, 0.4) is 0 Å². The van der Waals surface area contributed by atoms with Crippen LogP contribution in [0, 0.1) is 6.92 Å². The molecule has 0 amide bonds. The van der Waals surface area contributed by atoms with Crippen molar-refractivity contribution in [2.24, 2.45) is 5.73 Å². The fourth-order valence-corrected chi connectivity index (χ4v) is 2.66. The van der Waals surface area contributed by atoms with Crippen molar-refractivity contribution in [1.82, 2.24) is 0 Å². The van der Waals surface area contributed by atoms with Crippen LogP contribution in [-0.4, -0.2) is 7.11 Å². The van der Waals surface area contributed by atoms with E-state index in [1.165, 1.54) is 16.7 Å². The summed E-state index contributed by atoms with van der Waals surface area (Å²) in [5.74, 6) is 0.872. The van der Waals surface area contributed by atoms with E-state index in [-0.39, 0.29) is 6.04 Å². The van der Waals surface area contributed by atoms with E-state index in [2.05, 4.69) is 47.1 Å². The molecule has 3 heteroatoms. The summed E-state index contributed by atoms with van der Waals surface area (Å²) in [7, 11) is 1.67. The highest BCUT2D eigenvalue weighted by Gasteiger charge is 2.10. The molecule has 0 aliphatic rings. The third kappa shape index (κ3) is 3.58. The Labute approximate surface area is 122 Å². The molecule has 2 aromatic carbocycles.